The van der Waals surface area contributed by atoms with Crippen molar-refractivity contribution in [2.45, 2.75) is 63.1 Å². The third kappa shape index (κ3) is 4.53. The number of ether oxygens (including phenoxy) is 2. The molecule has 4 saturated carbocycles. The first kappa shape index (κ1) is 23.6. The first-order chi connectivity index (χ1) is 17.4. The summed E-state index contributed by atoms with van der Waals surface area (Å²) in [5.74, 6) is 3.02. The minimum absolute atomic E-state index is 0.101. The van der Waals surface area contributed by atoms with E-state index in [1.165, 1.54) is 19.3 Å². The van der Waals surface area contributed by atoms with Crippen molar-refractivity contribution in [3.63, 3.8) is 0 Å². The SMILES string of the molecule is C[C@H](C(=O)NC(=O)NC12CC3CC(CC(C3)C1)C2)N1CCN(C(=O)[C@H]2COc3ccccc3O2)CC1. The van der Waals surface area contributed by atoms with E-state index < -0.39 is 12.1 Å². The molecule has 2 heterocycles. The molecule has 2 atom stereocenters. The lowest BCUT2D eigenvalue weighted by Crippen LogP contribution is -2.63. The smallest absolute Gasteiger partial charge is 0.321 e. The van der Waals surface area contributed by atoms with Crippen LogP contribution in [0.4, 0.5) is 4.79 Å². The summed E-state index contributed by atoms with van der Waals surface area (Å²) < 4.78 is 11.6. The summed E-state index contributed by atoms with van der Waals surface area (Å²) in [4.78, 5) is 42.5. The summed E-state index contributed by atoms with van der Waals surface area (Å²) in [6, 6.07) is 6.52. The van der Waals surface area contributed by atoms with Crippen LogP contribution in [0.1, 0.15) is 45.4 Å². The van der Waals surface area contributed by atoms with Crippen molar-refractivity contribution in [1.29, 1.82) is 0 Å². The van der Waals surface area contributed by atoms with Gasteiger partial charge in [-0.15, -0.1) is 0 Å². The van der Waals surface area contributed by atoms with Crippen molar-refractivity contribution in [1.82, 2.24) is 20.4 Å². The van der Waals surface area contributed by atoms with E-state index in [0.717, 1.165) is 37.0 Å². The molecule has 1 aromatic rings. The highest BCUT2D eigenvalue weighted by atomic mass is 16.6. The molecular formula is C27H36N4O5. The summed E-state index contributed by atoms with van der Waals surface area (Å²) in [6.07, 6.45) is 6.40. The van der Waals surface area contributed by atoms with Crippen LogP contribution >= 0.6 is 0 Å². The van der Waals surface area contributed by atoms with Crippen molar-refractivity contribution in [2.24, 2.45) is 17.8 Å². The van der Waals surface area contributed by atoms with Crippen LogP contribution < -0.4 is 20.1 Å². The minimum Gasteiger partial charge on any atom is -0.485 e. The van der Waals surface area contributed by atoms with Crippen LogP contribution in [-0.2, 0) is 9.59 Å². The van der Waals surface area contributed by atoms with E-state index in [9.17, 15) is 14.4 Å². The summed E-state index contributed by atoms with van der Waals surface area (Å²) in [5.41, 5.74) is -0.125. The summed E-state index contributed by atoms with van der Waals surface area (Å²) >= 11 is 0. The Morgan fingerprint density at radius 3 is 2.19 bits per heavy atom. The van der Waals surface area contributed by atoms with Crippen LogP contribution in [0.5, 0.6) is 11.5 Å². The highest BCUT2D eigenvalue weighted by Gasteiger charge is 2.51. The predicted molar refractivity (Wildman–Crippen MR) is 132 cm³/mol. The number of amides is 4. The zero-order valence-corrected chi connectivity index (χ0v) is 20.9. The molecule has 4 bridgehead atoms. The molecule has 36 heavy (non-hydrogen) atoms. The normalized spacial score (nSPS) is 33.6. The Morgan fingerprint density at radius 1 is 0.944 bits per heavy atom. The molecule has 6 aliphatic rings. The largest absolute Gasteiger partial charge is 0.485 e. The van der Waals surface area contributed by atoms with E-state index in [1.54, 1.807) is 11.0 Å². The summed E-state index contributed by atoms with van der Waals surface area (Å²) in [7, 11) is 0. The van der Waals surface area contributed by atoms with E-state index in [0.29, 0.717) is 37.7 Å². The van der Waals surface area contributed by atoms with Crippen molar-refractivity contribution >= 4 is 17.8 Å². The van der Waals surface area contributed by atoms with Crippen LogP contribution in [0.15, 0.2) is 24.3 Å². The molecule has 194 valence electrons. The maximum Gasteiger partial charge on any atom is 0.321 e. The highest BCUT2D eigenvalue weighted by Crippen LogP contribution is 2.55. The quantitative estimate of drug-likeness (QED) is 0.663. The fraction of sp³-hybridized carbons (Fsp3) is 0.667. The second kappa shape index (κ2) is 9.25. The van der Waals surface area contributed by atoms with Gasteiger partial charge in [0.15, 0.2) is 11.5 Å². The second-order valence-corrected chi connectivity index (χ2v) is 11.5. The molecule has 1 saturated heterocycles. The van der Waals surface area contributed by atoms with Crippen LogP contribution in [0, 0.1) is 17.8 Å². The number of hydrogen-bond acceptors (Lipinski definition) is 6. The van der Waals surface area contributed by atoms with Gasteiger partial charge in [-0.05, 0) is 75.3 Å². The Balaban J connectivity index is 0.975. The Bertz CT molecular complexity index is 1000. The number of imide groups is 1. The lowest BCUT2D eigenvalue weighted by Gasteiger charge is -2.56. The number of piperazine rings is 1. The monoisotopic (exact) mass is 496 g/mol. The Labute approximate surface area is 211 Å². The van der Waals surface area contributed by atoms with E-state index in [2.05, 4.69) is 10.6 Å². The van der Waals surface area contributed by atoms with Gasteiger partial charge >= 0.3 is 6.03 Å². The Kier molecular flexibility index (Phi) is 6.06. The van der Waals surface area contributed by atoms with E-state index in [4.69, 9.17) is 9.47 Å². The zero-order valence-electron chi connectivity index (χ0n) is 20.9. The standard InChI is InChI=1S/C27H36N4O5/c1-17(24(32)28-26(34)29-27-13-18-10-19(14-27)12-20(11-18)15-27)30-6-8-31(9-7-30)25(33)23-16-35-21-4-2-3-5-22(21)36-23/h2-5,17-20,23H,6-16H2,1H3,(H2,28,29,32,34)/t17-,18?,19?,20?,23-,27?/m1/s1. The van der Waals surface area contributed by atoms with Crippen LogP contribution in [0.3, 0.4) is 0 Å². The van der Waals surface area contributed by atoms with Gasteiger partial charge in [-0.3, -0.25) is 19.8 Å². The number of para-hydroxylation sites is 2. The van der Waals surface area contributed by atoms with E-state index in [-0.39, 0.29) is 30.0 Å². The van der Waals surface area contributed by atoms with E-state index >= 15 is 0 Å². The number of fused-ring (bicyclic) bond motifs is 1. The average molecular weight is 497 g/mol. The van der Waals surface area contributed by atoms with Crippen molar-refractivity contribution in [3.8, 4) is 11.5 Å². The molecule has 0 spiro atoms. The Morgan fingerprint density at radius 2 is 1.56 bits per heavy atom. The number of nitrogens with one attached hydrogen (secondary N) is 2. The number of carbonyl (C=O) groups excluding carboxylic acids is 3. The number of hydrogen-bond donors (Lipinski definition) is 2. The van der Waals surface area contributed by atoms with Gasteiger partial charge in [0.25, 0.3) is 5.91 Å². The number of rotatable bonds is 4. The molecule has 7 rings (SSSR count). The topological polar surface area (TPSA) is 100 Å². The number of nitrogens with zero attached hydrogens (tertiary/aromatic N) is 2. The van der Waals surface area contributed by atoms with Crippen LogP contribution in [0.25, 0.3) is 0 Å². The molecular weight excluding hydrogens is 460 g/mol. The van der Waals surface area contributed by atoms with Crippen LogP contribution in [0.2, 0.25) is 0 Å². The molecule has 0 radical (unpaired) electrons. The van der Waals surface area contributed by atoms with Crippen molar-refractivity contribution in [2.75, 3.05) is 32.8 Å². The van der Waals surface area contributed by atoms with Crippen LogP contribution in [-0.4, -0.2) is 78.1 Å². The number of urea groups is 1. The molecule has 4 aliphatic carbocycles. The van der Waals surface area contributed by atoms with E-state index in [1.807, 2.05) is 30.0 Å². The predicted octanol–water partition coefficient (Wildman–Crippen LogP) is 2.15. The molecule has 0 unspecified atom stereocenters. The van der Waals surface area contributed by atoms with Gasteiger partial charge in [-0.2, -0.15) is 0 Å². The van der Waals surface area contributed by atoms with Gasteiger partial charge in [0, 0.05) is 31.7 Å². The molecule has 9 heteroatoms. The lowest BCUT2D eigenvalue weighted by atomic mass is 9.53. The molecule has 9 nitrogen and oxygen atoms in total. The average Bonchev–Trinajstić information content (AvgIpc) is 2.86. The fourth-order valence-electron chi connectivity index (χ4n) is 7.59. The van der Waals surface area contributed by atoms with Gasteiger partial charge in [0.2, 0.25) is 12.0 Å². The zero-order chi connectivity index (χ0) is 24.9. The van der Waals surface area contributed by atoms with Gasteiger partial charge in [0.05, 0.1) is 6.04 Å². The molecule has 0 aromatic heterocycles. The van der Waals surface area contributed by atoms with Gasteiger partial charge in [-0.25, -0.2) is 4.79 Å². The number of benzene rings is 1. The molecule has 2 N–H and O–H groups in total. The third-order valence-corrected chi connectivity index (χ3v) is 8.99. The van der Waals surface area contributed by atoms with Crippen molar-refractivity contribution < 1.29 is 23.9 Å². The number of carbonyl (C=O) groups is 3. The molecule has 5 fully saturated rings. The van der Waals surface area contributed by atoms with Gasteiger partial charge < -0.3 is 19.7 Å². The van der Waals surface area contributed by atoms with Crippen molar-refractivity contribution in [3.05, 3.63) is 24.3 Å². The maximum absolute atomic E-state index is 13.0. The molecule has 1 aromatic carbocycles. The fourth-order valence-corrected chi connectivity index (χ4v) is 7.59. The highest BCUT2D eigenvalue weighted by molar-refractivity contribution is 5.97. The van der Waals surface area contributed by atoms with Gasteiger partial charge in [-0.1, -0.05) is 12.1 Å². The minimum atomic E-state index is -0.666. The molecule has 4 amide bonds. The lowest BCUT2D eigenvalue weighted by molar-refractivity contribution is -0.143. The summed E-state index contributed by atoms with van der Waals surface area (Å²) in [5, 5.41) is 5.81. The molecule has 2 aliphatic heterocycles. The van der Waals surface area contributed by atoms with Gasteiger partial charge in [0.1, 0.15) is 6.61 Å². The second-order valence-electron chi connectivity index (χ2n) is 11.5. The first-order valence-electron chi connectivity index (χ1n) is 13.4. The first-order valence-corrected chi connectivity index (χ1v) is 13.4. The summed E-state index contributed by atoms with van der Waals surface area (Å²) in [6.45, 7) is 4.12. The Hall–Kier alpha value is -2.81. The third-order valence-electron chi connectivity index (χ3n) is 8.99. The maximum atomic E-state index is 13.0.